The van der Waals surface area contributed by atoms with Crippen LogP contribution in [0, 0.1) is 6.92 Å². The summed E-state index contributed by atoms with van der Waals surface area (Å²) >= 11 is 6.41. The molecule has 0 saturated heterocycles. The Morgan fingerprint density at radius 3 is 1.85 bits per heavy atom. The molecule has 0 spiro atoms. The van der Waals surface area contributed by atoms with Crippen LogP contribution in [0.5, 0.6) is 5.75 Å². The number of aryl methyl sites for hydroxylation is 1. The molecular formula is C15H12Br2O3. The largest absolute Gasteiger partial charge is 0.507 e. The van der Waals surface area contributed by atoms with E-state index in [4.69, 9.17) is 5.11 Å². The zero-order valence-electron chi connectivity index (χ0n) is 10.6. The summed E-state index contributed by atoms with van der Waals surface area (Å²) in [6.45, 7) is 1.98. The van der Waals surface area contributed by atoms with Crippen LogP contribution in [-0.4, -0.2) is 17.7 Å². The summed E-state index contributed by atoms with van der Waals surface area (Å²) in [6.07, 6.45) is 1.56. The molecule has 0 atom stereocenters. The van der Waals surface area contributed by atoms with E-state index in [1.54, 1.807) is 18.2 Å². The fourth-order valence-electron chi connectivity index (χ4n) is 1.28. The number of hydrogen-bond donors (Lipinski definition) is 1. The molecule has 1 N–H and O–H groups in total. The minimum atomic E-state index is 0.144. The standard InChI is InChI=1S/C8H7BrO.C7H5BrO2/c1-6-2-3-7(5-10)4-8(6)9;8-6-3-5(4-9)1-2-7(6)10/h2-5H,1H3;1-4,10H. The molecule has 0 aromatic heterocycles. The van der Waals surface area contributed by atoms with Crippen molar-refractivity contribution < 1.29 is 14.7 Å². The fraction of sp³-hybridized carbons (Fsp3) is 0.0667. The van der Waals surface area contributed by atoms with E-state index >= 15 is 0 Å². The van der Waals surface area contributed by atoms with E-state index in [0.29, 0.717) is 15.6 Å². The van der Waals surface area contributed by atoms with Crippen molar-refractivity contribution in [3.8, 4) is 5.75 Å². The SMILES string of the molecule is Cc1ccc(C=O)cc1Br.O=Cc1ccc(O)c(Br)c1. The molecule has 0 radical (unpaired) electrons. The Bertz CT molecular complexity index is 569. The highest BCUT2D eigenvalue weighted by atomic mass is 79.9. The van der Waals surface area contributed by atoms with Crippen molar-refractivity contribution in [2.75, 3.05) is 0 Å². The van der Waals surface area contributed by atoms with Crippen LogP contribution < -0.4 is 0 Å². The van der Waals surface area contributed by atoms with Gasteiger partial charge < -0.3 is 5.11 Å². The monoisotopic (exact) mass is 398 g/mol. The zero-order chi connectivity index (χ0) is 15.1. The summed E-state index contributed by atoms with van der Waals surface area (Å²) in [4.78, 5) is 20.4. The summed E-state index contributed by atoms with van der Waals surface area (Å²) in [5, 5.41) is 8.98. The Labute approximate surface area is 133 Å². The maximum absolute atomic E-state index is 10.2. The van der Waals surface area contributed by atoms with Crippen molar-refractivity contribution >= 4 is 44.4 Å². The van der Waals surface area contributed by atoms with E-state index in [1.807, 2.05) is 19.1 Å². The van der Waals surface area contributed by atoms with E-state index in [1.165, 1.54) is 6.07 Å². The zero-order valence-corrected chi connectivity index (χ0v) is 13.8. The maximum atomic E-state index is 10.2. The first-order valence-electron chi connectivity index (χ1n) is 5.63. The molecule has 2 rings (SSSR count). The number of aldehydes is 2. The second-order valence-electron chi connectivity index (χ2n) is 3.96. The first-order valence-corrected chi connectivity index (χ1v) is 7.21. The molecule has 20 heavy (non-hydrogen) atoms. The van der Waals surface area contributed by atoms with Crippen molar-refractivity contribution in [1.82, 2.24) is 0 Å². The normalized spacial score (nSPS) is 9.35. The van der Waals surface area contributed by atoms with Gasteiger partial charge >= 0.3 is 0 Å². The lowest BCUT2D eigenvalue weighted by molar-refractivity contribution is 0.111. The van der Waals surface area contributed by atoms with Gasteiger partial charge in [-0.1, -0.05) is 28.1 Å². The number of benzene rings is 2. The highest BCUT2D eigenvalue weighted by Gasteiger charge is 1.96. The molecule has 0 saturated carbocycles. The van der Waals surface area contributed by atoms with Gasteiger partial charge in [-0.3, -0.25) is 9.59 Å². The lowest BCUT2D eigenvalue weighted by Crippen LogP contribution is -1.80. The summed E-state index contributed by atoms with van der Waals surface area (Å²) < 4.78 is 1.52. The molecular weight excluding hydrogens is 388 g/mol. The number of hydrogen-bond acceptors (Lipinski definition) is 3. The van der Waals surface area contributed by atoms with Gasteiger partial charge in [0, 0.05) is 15.6 Å². The molecule has 0 unspecified atom stereocenters. The van der Waals surface area contributed by atoms with Gasteiger partial charge in [0.1, 0.15) is 18.3 Å². The molecule has 0 aliphatic carbocycles. The van der Waals surface area contributed by atoms with Crippen LogP contribution in [0.25, 0.3) is 0 Å². The van der Waals surface area contributed by atoms with E-state index < -0.39 is 0 Å². The van der Waals surface area contributed by atoms with Crippen LogP contribution >= 0.6 is 31.9 Å². The minimum absolute atomic E-state index is 0.144. The maximum Gasteiger partial charge on any atom is 0.150 e. The Hall–Kier alpha value is -1.46. The Kier molecular flexibility index (Phi) is 6.61. The predicted octanol–water partition coefficient (Wildman–Crippen LogP) is 4.54. The summed E-state index contributed by atoms with van der Waals surface area (Å²) in [7, 11) is 0. The molecule has 0 bridgehead atoms. The van der Waals surface area contributed by atoms with Gasteiger partial charge in [0.2, 0.25) is 0 Å². The highest BCUT2D eigenvalue weighted by molar-refractivity contribution is 9.10. The molecule has 3 nitrogen and oxygen atoms in total. The van der Waals surface area contributed by atoms with Crippen LogP contribution in [0.15, 0.2) is 45.3 Å². The lowest BCUT2D eigenvalue weighted by atomic mass is 10.2. The summed E-state index contributed by atoms with van der Waals surface area (Å²) in [5.74, 6) is 0.144. The van der Waals surface area contributed by atoms with Crippen LogP contribution in [0.4, 0.5) is 0 Å². The summed E-state index contributed by atoms with van der Waals surface area (Å²) in [5.41, 5.74) is 2.40. The average Bonchev–Trinajstić information content (AvgIpc) is 2.45. The highest BCUT2D eigenvalue weighted by Crippen LogP contribution is 2.23. The third-order valence-corrected chi connectivity index (χ3v) is 3.93. The number of rotatable bonds is 2. The van der Waals surface area contributed by atoms with Gasteiger partial charge in [-0.05, 0) is 52.7 Å². The molecule has 0 aliphatic heterocycles. The van der Waals surface area contributed by atoms with E-state index in [-0.39, 0.29) is 5.75 Å². The number of phenolic OH excluding ortho intramolecular Hbond substituents is 1. The third kappa shape index (κ3) is 4.90. The predicted molar refractivity (Wildman–Crippen MR) is 85.5 cm³/mol. The second kappa shape index (κ2) is 7.97. The van der Waals surface area contributed by atoms with Crippen LogP contribution in [0.2, 0.25) is 0 Å². The van der Waals surface area contributed by atoms with Crippen LogP contribution in [-0.2, 0) is 0 Å². The molecule has 5 heteroatoms. The summed E-state index contributed by atoms with van der Waals surface area (Å²) in [6, 6.07) is 10.1. The van der Waals surface area contributed by atoms with Gasteiger partial charge in [0.05, 0.1) is 4.47 Å². The smallest absolute Gasteiger partial charge is 0.150 e. The fourth-order valence-corrected chi connectivity index (χ4v) is 2.07. The number of carbonyl (C=O) groups is 2. The van der Waals surface area contributed by atoms with Crippen molar-refractivity contribution in [3.05, 3.63) is 62.0 Å². The van der Waals surface area contributed by atoms with Crippen LogP contribution in [0.1, 0.15) is 26.3 Å². The first-order chi connectivity index (χ1) is 9.47. The Morgan fingerprint density at radius 1 is 0.900 bits per heavy atom. The molecule has 2 aromatic rings. The number of phenols is 1. The van der Waals surface area contributed by atoms with Gasteiger partial charge in [-0.25, -0.2) is 0 Å². The van der Waals surface area contributed by atoms with Gasteiger partial charge in [0.15, 0.2) is 0 Å². The minimum Gasteiger partial charge on any atom is -0.507 e. The quantitative estimate of drug-likeness (QED) is 0.754. The van der Waals surface area contributed by atoms with E-state index in [9.17, 15) is 9.59 Å². The number of carbonyl (C=O) groups excluding carboxylic acids is 2. The topological polar surface area (TPSA) is 54.4 Å². The second-order valence-corrected chi connectivity index (χ2v) is 5.66. The average molecular weight is 400 g/mol. The van der Waals surface area contributed by atoms with Crippen molar-refractivity contribution in [2.24, 2.45) is 0 Å². The lowest BCUT2D eigenvalue weighted by Gasteiger charge is -1.96. The van der Waals surface area contributed by atoms with Crippen molar-refractivity contribution in [3.63, 3.8) is 0 Å². The molecule has 104 valence electrons. The van der Waals surface area contributed by atoms with E-state index in [0.717, 1.165) is 22.6 Å². The van der Waals surface area contributed by atoms with Crippen molar-refractivity contribution in [1.29, 1.82) is 0 Å². The number of aromatic hydroxyl groups is 1. The molecule has 0 heterocycles. The molecule has 0 fully saturated rings. The van der Waals surface area contributed by atoms with Crippen LogP contribution in [0.3, 0.4) is 0 Å². The van der Waals surface area contributed by atoms with Gasteiger partial charge in [0.25, 0.3) is 0 Å². The third-order valence-electron chi connectivity index (χ3n) is 2.44. The van der Waals surface area contributed by atoms with Crippen molar-refractivity contribution in [2.45, 2.75) is 6.92 Å². The van der Waals surface area contributed by atoms with Gasteiger partial charge in [-0.15, -0.1) is 0 Å². The molecule has 0 amide bonds. The Morgan fingerprint density at radius 2 is 1.40 bits per heavy atom. The Balaban J connectivity index is 0.000000200. The molecule has 0 aliphatic rings. The first kappa shape index (κ1) is 16.6. The van der Waals surface area contributed by atoms with Gasteiger partial charge in [-0.2, -0.15) is 0 Å². The van der Waals surface area contributed by atoms with E-state index in [2.05, 4.69) is 31.9 Å². The number of halogens is 2. The molecule has 2 aromatic carbocycles.